The smallest absolute Gasteiger partial charge is 0.168 e. The third-order valence-corrected chi connectivity index (χ3v) is 3.19. The van der Waals surface area contributed by atoms with Gasteiger partial charge < -0.3 is 21.9 Å². The summed E-state index contributed by atoms with van der Waals surface area (Å²) >= 11 is 0. The molecule has 0 aromatic heterocycles. The minimum atomic E-state index is -0.916. The predicted molar refractivity (Wildman–Crippen MR) is 83.6 cm³/mol. The molecule has 0 spiro atoms. The van der Waals surface area contributed by atoms with E-state index in [1.807, 2.05) is 13.8 Å². The van der Waals surface area contributed by atoms with Gasteiger partial charge in [0, 0.05) is 0 Å². The number of nitrogens with zero attached hydrogens (tertiary/aromatic N) is 4. The first-order valence-electron chi connectivity index (χ1n) is 5.69. The molecule has 20 heavy (non-hydrogen) atoms. The van der Waals surface area contributed by atoms with E-state index < -0.39 is 11.1 Å². The molecule has 0 aliphatic carbocycles. The molecule has 2 unspecified atom stereocenters. The molecule has 0 aliphatic heterocycles. The standard InChI is InChI=1S/C10H22N6O2.2ClH/c1-5-9(3,7(11)13-17)15-16-10(4,6-2)8(12)14-18;;/h17-18H,5-6H2,1-4H3,(H2,11,13)(H2,12,14);2*1H. The summed E-state index contributed by atoms with van der Waals surface area (Å²) in [4.78, 5) is 0. The molecule has 0 saturated carbocycles. The lowest BCUT2D eigenvalue weighted by Gasteiger charge is -2.25. The summed E-state index contributed by atoms with van der Waals surface area (Å²) in [6, 6.07) is 0. The molecular formula is C10H24Cl2N6O2. The molecule has 0 rings (SSSR count). The molecule has 0 fully saturated rings. The van der Waals surface area contributed by atoms with E-state index in [9.17, 15) is 0 Å². The Morgan fingerprint density at radius 1 is 0.850 bits per heavy atom. The van der Waals surface area contributed by atoms with Crippen LogP contribution < -0.4 is 11.5 Å². The third kappa shape index (κ3) is 5.38. The van der Waals surface area contributed by atoms with Gasteiger partial charge in [-0.15, -0.1) is 24.8 Å². The lowest BCUT2D eigenvalue weighted by atomic mass is 9.97. The van der Waals surface area contributed by atoms with Crippen LogP contribution in [0.4, 0.5) is 0 Å². The Kier molecular flexibility index (Phi) is 11.4. The van der Waals surface area contributed by atoms with Crippen molar-refractivity contribution in [1.29, 1.82) is 0 Å². The largest absolute Gasteiger partial charge is 0.409 e. The second-order valence-corrected chi connectivity index (χ2v) is 4.43. The highest BCUT2D eigenvalue weighted by Gasteiger charge is 2.32. The Bertz CT molecular complexity index is 343. The number of oxime groups is 2. The molecule has 0 aromatic carbocycles. The van der Waals surface area contributed by atoms with Gasteiger partial charge in [-0.2, -0.15) is 10.2 Å². The van der Waals surface area contributed by atoms with Gasteiger partial charge in [0.2, 0.25) is 0 Å². The zero-order valence-electron chi connectivity index (χ0n) is 12.1. The van der Waals surface area contributed by atoms with Crippen molar-refractivity contribution in [2.75, 3.05) is 0 Å². The van der Waals surface area contributed by atoms with Crippen LogP contribution in [0.5, 0.6) is 0 Å². The monoisotopic (exact) mass is 330 g/mol. The van der Waals surface area contributed by atoms with Gasteiger partial charge in [0.25, 0.3) is 0 Å². The lowest BCUT2D eigenvalue weighted by Crippen LogP contribution is -2.42. The van der Waals surface area contributed by atoms with Crippen LogP contribution in [0.25, 0.3) is 0 Å². The minimum absolute atomic E-state index is 0. The van der Waals surface area contributed by atoms with Crippen LogP contribution in [0, 0.1) is 0 Å². The van der Waals surface area contributed by atoms with E-state index >= 15 is 0 Å². The molecule has 0 saturated heterocycles. The van der Waals surface area contributed by atoms with Crippen LogP contribution in [-0.4, -0.2) is 33.2 Å². The average Bonchev–Trinajstić information content (AvgIpc) is 2.42. The summed E-state index contributed by atoms with van der Waals surface area (Å²) in [6.07, 6.45) is 1.00. The zero-order chi connectivity index (χ0) is 14.4. The summed E-state index contributed by atoms with van der Waals surface area (Å²) in [5.74, 6) is -0.0709. The van der Waals surface area contributed by atoms with Crippen molar-refractivity contribution in [2.24, 2.45) is 32.0 Å². The number of hydrogen-bond acceptors (Lipinski definition) is 6. The SMILES string of the molecule is CCC(C)(N=NC(C)(CC)C(N)=NO)C(N)=NO.Cl.Cl. The molecule has 0 heterocycles. The number of nitrogens with two attached hydrogens (primary N) is 2. The molecule has 6 N–H and O–H groups in total. The summed E-state index contributed by atoms with van der Waals surface area (Å²) in [5, 5.41) is 31.5. The number of amidine groups is 2. The number of halogens is 2. The van der Waals surface area contributed by atoms with Crippen molar-refractivity contribution >= 4 is 36.5 Å². The predicted octanol–water partition coefficient (Wildman–Crippen LogP) is 2.11. The number of hydrogen-bond donors (Lipinski definition) is 4. The average molecular weight is 331 g/mol. The van der Waals surface area contributed by atoms with E-state index in [1.54, 1.807) is 13.8 Å². The molecule has 120 valence electrons. The molecule has 10 heteroatoms. The highest BCUT2D eigenvalue weighted by Crippen LogP contribution is 2.22. The molecule has 0 bridgehead atoms. The Morgan fingerprint density at radius 3 is 1.25 bits per heavy atom. The van der Waals surface area contributed by atoms with E-state index in [-0.39, 0.29) is 36.5 Å². The second kappa shape index (κ2) is 9.60. The first kappa shape index (κ1) is 23.8. The summed E-state index contributed by atoms with van der Waals surface area (Å²) in [6.45, 7) is 7.05. The quantitative estimate of drug-likeness (QED) is 0.194. The first-order chi connectivity index (χ1) is 8.29. The fourth-order valence-electron chi connectivity index (χ4n) is 1.04. The van der Waals surface area contributed by atoms with Crippen LogP contribution in [0.3, 0.4) is 0 Å². The molecule has 0 radical (unpaired) electrons. The van der Waals surface area contributed by atoms with Gasteiger partial charge in [-0.3, -0.25) is 0 Å². The van der Waals surface area contributed by atoms with Crippen molar-refractivity contribution in [3.8, 4) is 0 Å². The molecule has 0 aromatic rings. The van der Waals surface area contributed by atoms with Gasteiger partial charge in [0.1, 0.15) is 11.1 Å². The maximum Gasteiger partial charge on any atom is 0.168 e. The first-order valence-corrected chi connectivity index (χ1v) is 5.69. The topological polar surface area (TPSA) is 142 Å². The van der Waals surface area contributed by atoms with E-state index in [0.717, 1.165) is 0 Å². The molecule has 2 atom stereocenters. The van der Waals surface area contributed by atoms with Gasteiger partial charge in [0.15, 0.2) is 11.7 Å². The molecular weight excluding hydrogens is 307 g/mol. The fourth-order valence-corrected chi connectivity index (χ4v) is 1.04. The molecule has 8 nitrogen and oxygen atoms in total. The van der Waals surface area contributed by atoms with Crippen LogP contribution >= 0.6 is 24.8 Å². The van der Waals surface area contributed by atoms with Crippen molar-refractivity contribution in [2.45, 2.75) is 51.6 Å². The van der Waals surface area contributed by atoms with E-state index in [4.69, 9.17) is 21.9 Å². The van der Waals surface area contributed by atoms with E-state index in [2.05, 4.69) is 20.5 Å². The van der Waals surface area contributed by atoms with Crippen LogP contribution in [0.15, 0.2) is 20.5 Å². The molecule has 0 amide bonds. The van der Waals surface area contributed by atoms with Crippen molar-refractivity contribution in [3.63, 3.8) is 0 Å². The van der Waals surface area contributed by atoms with Crippen LogP contribution in [-0.2, 0) is 0 Å². The van der Waals surface area contributed by atoms with E-state index in [1.165, 1.54) is 0 Å². The van der Waals surface area contributed by atoms with E-state index in [0.29, 0.717) is 12.8 Å². The second-order valence-electron chi connectivity index (χ2n) is 4.43. The van der Waals surface area contributed by atoms with Gasteiger partial charge in [0.05, 0.1) is 0 Å². The van der Waals surface area contributed by atoms with Crippen LogP contribution in [0.2, 0.25) is 0 Å². The lowest BCUT2D eigenvalue weighted by molar-refractivity contribution is 0.308. The van der Waals surface area contributed by atoms with Crippen molar-refractivity contribution < 1.29 is 10.4 Å². The summed E-state index contributed by atoms with van der Waals surface area (Å²) in [5.41, 5.74) is 9.32. The Balaban J connectivity index is -0.00000144. The highest BCUT2D eigenvalue weighted by molar-refractivity contribution is 5.90. The normalized spacial score (nSPS) is 18.6. The third-order valence-electron chi connectivity index (χ3n) is 3.19. The summed E-state index contributed by atoms with van der Waals surface area (Å²) < 4.78 is 0. The van der Waals surface area contributed by atoms with Crippen molar-refractivity contribution in [1.82, 2.24) is 0 Å². The number of azo groups is 1. The maximum absolute atomic E-state index is 8.72. The van der Waals surface area contributed by atoms with Crippen LogP contribution in [0.1, 0.15) is 40.5 Å². The van der Waals surface area contributed by atoms with Gasteiger partial charge >= 0.3 is 0 Å². The molecule has 0 aliphatic rings. The Hall–Kier alpha value is -1.28. The van der Waals surface area contributed by atoms with Gasteiger partial charge in [-0.25, -0.2) is 0 Å². The van der Waals surface area contributed by atoms with Crippen molar-refractivity contribution in [3.05, 3.63) is 0 Å². The zero-order valence-corrected chi connectivity index (χ0v) is 13.7. The Labute approximate surface area is 131 Å². The van der Waals surface area contributed by atoms with Gasteiger partial charge in [-0.1, -0.05) is 24.2 Å². The maximum atomic E-state index is 8.72. The minimum Gasteiger partial charge on any atom is -0.409 e. The van der Waals surface area contributed by atoms with Gasteiger partial charge in [-0.05, 0) is 26.7 Å². The Morgan fingerprint density at radius 2 is 1.10 bits per heavy atom. The fraction of sp³-hybridized carbons (Fsp3) is 0.800. The summed E-state index contributed by atoms with van der Waals surface area (Å²) in [7, 11) is 0. The highest BCUT2D eigenvalue weighted by atomic mass is 35.5. The number of rotatable bonds is 6.